The van der Waals surface area contributed by atoms with Crippen molar-refractivity contribution >= 4 is 23.8 Å². The van der Waals surface area contributed by atoms with Crippen molar-refractivity contribution < 1.29 is 9.59 Å². The zero-order chi connectivity index (χ0) is 15.3. The van der Waals surface area contributed by atoms with Gasteiger partial charge in [0.15, 0.2) is 5.66 Å². The standard InChI is InChI=1S/C16H11ClN2O2/c1-16(18-10-20,19-11-21)14-9-5-8-13(15(14)17)12-6-3-2-4-7-12/h2-9H,1H3. The molecule has 0 amide bonds. The molecule has 5 heteroatoms. The Bertz CT molecular complexity index is 728. The molecule has 104 valence electrons. The average molecular weight is 299 g/mol. The van der Waals surface area contributed by atoms with Crippen molar-refractivity contribution in [1.29, 1.82) is 0 Å². The number of carbonyl (C=O) groups excluding carboxylic acids is 2. The van der Waals surface area contributed by atoms with E-state index < -0.39 is 5.66 Å². The molecule has 0 bridgehead atoms. The lowest BCUT2D eigenvalue weighted by atomic mass is 9.96. The Morgan fingerprint density at radius 2 is 1.57 bits per heavy atom. The number of hydrogen-bond donors (Lipinski definition) is 0. The van der Waals surface area contributed by atoms with E-state index in [0.29, 0.717) is 10.6 Å². The van der Waals surface area contributed by atoms with Crippen LogP contribution >= 0.6 is 11.6 Å². The first-order valence-corrected chi connectivity index (χ1v) is 6.52. The van der Waals surface area contributed by atoms with Crippen LogP contribution in [0.25, 0.3) is 11.1 Å². The number of isocyanates is 2. The van der Waals surface area contributed by atoms with Gasteiger partial charge in [-0.1, -0.05) is 60.1 Å². The molecule has 2 rings (SSSR count). The second-order valence-electron chi connectivity index (χ2n) is 4.46. The van der Waals surface area contributed by atoms with Crippen molar-refractivity contribution in [3.63, 3.8) is 0 Å². The molecular weight excluding hydrogens is 288 g/mol. The van der Waals surface area contributed by atoms with Crippen LogP contribution in [0.2, 0.25) is 5.02 Å². The Morgan fingerprint density at radius 3 is 2.14 bits per heavy atom. The van der Waals surface area contributed by atoms with Gasteiger partial charge >= 0.3 is 0 Å². The first-order chi connectivity index (χ1) is 10.1. The number of hydrogen-bond acceptors (Lipinski definition) is 4. The van der Waals surface area contributed by atoms with Crippen LogP contribution in [0, 0.1) is 0 Å². The summed E-state index contributed by atoms with van der Waals surface area (Å²) in [5.41, 5.74) is 0.697. The van der Waals surface area contributed by atoms with Crippen molar-refractivity contribution in [1.82, 2.24) is 0 Å². The predicted molar refractivity (Wildman–Crippen MR) is 80.5 cm³/mol. The molecule has 0 atom stereocenters. The van der Waals surface area contributed by atoms with Gasteiger partial charge in [-0.05, 0) is 12.5 Å². The van der Waals surface area contributed by atoms with E-state index in [9.17, 15) is 9.59 Å². The van der Waals surface area contributed by atoms with Gasteiger partial charge in [0.2, 0.25) is 12.2 Å². The third kappa shape index (κ3) is 2.99. The van der Waals surface area contributed by atoms with Crippen molar-refractivity contribution in [3.05, 3.63) is 59.1 Å². The first kappa shape index (κ1) is 14.9. The molecule has 0 N–H and O–H groups in total. The molecule has 0 fully saturated rings. The maximum absolute atomic E-state index is 10.6. The SMILES string of the molecule is CC(N=C=O)(N=C=O)c1cccc(-c2ccccc2)c1Cl. The highest BCUT2D eigenvalue weighted by atomic mass is 35.5. The van der Waals surface area contributed by atoms with Crippen LogP contribution in [0.5, 0.6) is 0 Å². The monoisotopic (exact) mass is 298 g/mol. The summed E-state index contributed by atoms with van der Waals surface area (Å²) in [5, 5.41) is 0.379. The lowest BCUT2D eigenvalue weighted by Gasteiger charge is -2.20. The lowest BCUT2D eigenvalue weighted by molar-refractivity contribution is 0.493. The van der Waals surface area contributed by atoms with Gasteiger partial charge < -0.3 is 0 Å². The summed E-state index contributed by atoms with van der Waals surface area (Å²) in [6.07, 6.45) is 2.84. The van der Waals surface area contributed by atoms with Gasteiger partial charge in [-0.2, -0.15) is 9.98 Å². The normalized spacial score (nSPS) is 12.7. The minimum Gasteiger partial charge on any atom is -0.211 e. The second kappa shape index (κ2) is 6.29. The molecule has 0 saturated carbocycles. The Morgan fingerprint density at radius 1 is 0.952 bits per heavy atom. The molecule has 0 aliphatic rings. The van der Waals surface area contributed by atoms with Gasteiger partial charge in [-0.25, -0.2) is 9.59 Å². The highest BCUT2D eigenvalue weighted by molar-refractivity contribution is 6.34. The Hall–Kier alpha value is -2.51. The summed E-state index contributed by atoms with van der Waals surface area (Å²) in [5.74, 6) is 0. The van der Waals surface area contributed by atoms with Crippen molar-refractivity contribution in [2.45, 2.75) is 12.6 Å². The second-order valence-corrected chi connectivity index (χ2v) is 4.84. The number of halogens is 1. The van der Waals surface area contributed by atoms with Crippen LogP contribution < -0.4 is 0 Å². The van der Waals surface area contributed by atoms with Crippen LogP contribution in [0.15, 0.2) is 58.5 Å². The van der Waals surface area contributed by atoms with Gasteiger partial charge in [0.1, 0.15) is 0 Å². The first-order valence-electron chi connectivity index (χ1n) is 6.15. The molecule has 4 nitrogen and oxygen atoms in total. The largest absolute Gasteiger partial charge is 0.237 e. The molecule has 0 aliphatic heterocycles. The third-order valence-corrected chi connectivity index (χ3v) is 3.53. The highest BCUT2D eigenvalue weighted by Crippen LogP contribution is 2.38. The Kier molecular flexibility index (Phi) is 4.46. The van der Waals surface area contributed by atoms with E-state index in [1.54, 1.807) is 12.1 Å². The maximum atomic E-state index is 10.6. The smallest absolute Gasteiger partial charge is 0.211 e. The summed E-state index contributed by atoms with van der Waals surface area (Å²) in [4.78, 5) is 28.4. The Balaban J connectivity index is 2.67. The average Bonchev–Trinajstić information content (AvgIpc) is 2.49. The third-order valence-electron chi connectivity index (χ3n) is 3.12. The van der Waals surface area contributed by atoms with Crippen LogP contribution in [0.1, 0.15) is 12.5 Å². The summed E-state index contributed by atoms with van der Waals surface area (Å²) in [6, 6.07) is 14.8. The summed E-state index contributed by atoms with van der Waals surface area (Å²) < 4.78 is 0. The minimum absolute atomic E-state index is 0.379. The number of aliphatic imine (C=N–C) groups is 2. The topological polar surface area (TPSA) is 58.9 Å². The van der Waals surface area contributed by atoms with E-state index in [0.717, 1.165) is 11.1 Å². The zero-order valence-corrected chi connectivity index (χ0v) is 12.0. The van der Waals surface area contributed by atoms with Gasteiger partial charge in [0.25, 0.3) is 0 Å². The van der Waals surface area contributed by atoms with Gasteiger partial charge in [0, 0.05) is 11.1 Å². The molecule has 0 aliphatic carbocycles. The molecule has 21 heavy (non-hydrogen) atoms. The number of benzene rings is 2. The van der Waals surface area contributed by atoms with Crippen molar-refractivity contribution in [3.8, 4) is 11.1 Å². The van der Waals surface area contributed by atoms with Crippen LogP contribution in [0.3, 0.4) is 0 Å². The maximum Gasteiger partial charge on any atom is 0.237 e. The molecular formula is C16H11ClN2O2. The molecule has 0 unspecified atom stereocenters. The van der Waals surface area contributed by atoms with Crippen molar-refractivity contribution in [2.75, 3.05) is 0 Å². The fourth-order valence-electron chi connectivity index (χ4n) is 2.06. The van der Waals surface area contributed by atoms with Gasteiger partial charge in [-0.3, -0.25) is 0 Å². The molecule has 2 aromatic rings. The van der Waals surface area contributed by atoms with E-state index >= 15 is 0 Å². The quantitative estimate of drug-likeness (QED) is 0.636. The predicted octanol–water partition coefficient (Wildman–Crippen LogP) is 3.85. The van der Waals surface area contributed by atoms with E-state index in [4.69, 9.17) is 11.6 Å². The zero-order valence-electron chi connectivity index (χ0n) is 11.2. The fraction of sp³-hybridized carbons (Fsp3) is 0.125. The van der Waals surface area contributed by atoms with Gasteiger partial charge in [-0.15, -0.1) is 0 Å². The highest BCUT2D eigenvalue weighted by Gasteiger charge is 2.29. The van der Waals surface area contributed by atoms with E-state index in [1.165, 1.54) is 19.1 Å². The van der Waals surface area contributed by atoms with E-state index in [2.05, 4.69) is 9.98 Å². The number of rotatable bonds is 4. The number of nitrogens with zero attached hydrogens (tertiary/aromatic N) is 2. The van der Waals surface area contributed by atoms with Crippen molar-refractivity contribution in [2.24, 2.45) is 9.98 Å². The molecule has 2 aromatic carbocycles. The summed E-state index contributed by atoms with van der Waals surface area (Å²) in [7, 11) is 0. The van der Waals surface area contributed by atoms with Crippen LogP contribution in [0.4, 0.5) is 0 Å². The van der Waals surface area contributed by atoms with Crippen LogP contribution in [-0.4, -0.2) is 12.2 Å². The molecule has 0 radical (unpaired) electrons. The minimum atomic E-state index is -1.43. The van der Waals surface area contributed by atoms with E-state index in [1.807, 2.05) is 36.4 Å². The van der Waals surface area contributed by atoms with Crippen LogP contribution in [-0.2, 0) is 15.3 Å². The molecule has 0 heterocycles. The fourth-order valence-corrected chi connectivity index (χ4v) is 2.48. The lowest BCUT2D eigenvalue weighted by Crippen LogP contribution is -2.16. The summed E-state index contributed by atoms with van der Waals surface area (Å²) in [6.45, 7) is 1.50. The van der Waals surface area contributed by atoms with Gasteiger partial charge in [0.05, 0.1) is 5.02 Å². The molecule has 0 spiro atoms. The molecule has 0 saturated heterocycles. The summed E-state index contributed by atoms with van der Waals surface area (Å²) >= 11 is 6.42. The Labute approximate surface area is 126 Å². The molecule has 0 aromatic heterocycles. The van der Waals surface area contributed by atoms with E-state index in [-0.39, 0.29) is 0 Å².